The molecule has 1 atom stereocenters. The number of benzene rings is 1. The lowest BCUT2D eigenvalue weighted by Crippen LogP contribution is -2.38. The Hall–Kier alpha value is -1.79. The van der Waals surface area contributed by atoms with Gasteiger partial charge in [0.1, 0.15) is 5.75 Å². The SMILES string of the molecule is CCCCOCCCNC(=NCC(O)c1ccc(OC)cc1)NCC. The van der Waals surface area contributed by atoms with Crippen LogP contribution in [-0.2, 0) is 4.74 Å². The molecule has 0 saturated heterocycles. The van der Waals surface area contributed by atoms with Crippen molar-refractivity contribution in [2.45, 2.75) is 39.2 Å². The molecule has 1 aromatic rings. The van der Waals surface area contributed by atoms with Crippen molar-refractivity contribution >= 4 is 5.96 Å². The second-order valence-corrected chi connectivity index (χ2v) is 5.75. The van der Waals surface area contributed by atoms with E-state index in [-0.39, 0.29) is 0 Å². The number of rotatable bonds is 12. The van der Waals surface area contributed by atoms with E-state index in [1.165, 1.54) is 0 Å². The van der Waals surface area contributed by atoms with Gasteiger partial charge < -0.3 is 25.2 Å². The highest BCUT2D eigenvalue weighted by molar-refractivity contribution is 5.79. The predicted octanol–water partition coefficient (Wildman–Crippen LogP) is 2.49. The van der Waals surface area contributed by atoms with Crippen LogP contribution in [0.25, 0.3) is 0 Å². The van der Waals surface area contributed by atoms with Crippen LogP contribution in [0.4, 0.5) is 0 Å². The van der Waals surface area contributed by atoms with Gasteiger partial charge in [0.15, 0.2) is 5.96 Å². The molecule has 0 aliphatic rings. The van der Waals surface area contributed by atoms with E-state index in [0.29, 0.717) is 12.5 Å². The zero-order valence-electron chi connectivity index (χ0n) is 15.8. The van der Waals surface area contributed by atoms with Crippen LogP contribution in [0.2, 0.25) is 0 Å². The smallest absolute Gasteiger partial charge is 0.191 e. The van der Waals surface area contributed by atoms with Gasteiger partial charge in [-0.15, -0.1) is 0 Å². The van der Waals surface area contributed by atoms with Gasteiger partial charge in [-0.25, -0.2) is 0 Å². The Labute approximate surface area is 151 Å². The lowest BCUT2D eigenvalue weighted by atomic mass is 10.1. The Morgan fingerprint density at radius 3 is 2.48 bits per heavy atom. The summed E-state index contributed by atoms with van der Waals surface area (Å²) in [5.74, 6) is 1.49. The molecule has 0 amide bonds. The number of nitrogens with zero attached hydrogens (tertiary/aromatic N) is 1. The van der Waals surface area contributed by atoms with Crippen molar-refractivity contribution < 1.29 is 14.6 Å². The molecule has 25 heavy (non-hydrogen) atoms. The van der Waals surface area contributed by atoms with Crippen LogP contribution in [0.5, 0.6) is 5.75 Å². The monoisotopic (exact) mass is 351 g/mol. The number of ether oxygens (including phenoxy) is 2. The Kier molecular flexibility index (Phi) is 11.5. The molecular formula is C19H33N3O3. The molecule has 0 radical (unpaired) electrons. The van der Waals surface area contributed by atoms with Gasteiger partial charge in [-0.05, 0) is 37.5 Å². The van der Waals surface area contributed by atoms with Crippen molar-refractivity contribution in [2.75, 3.05) is 40.0 Å². The van der Waals surface area contributed by atoms with Crippen molar-refractivity contribution in [2.24, 2.45) is 4.99 Å². The quantitative estimate of drug-likeness (QED) is 0.306. The van der Waals surface area contributed by atoms with E-state index < -0.39 is 6.10 Å². The molecule has 0 aliphatic carbocycles. The minimum Gasteiger partial charge on any atom is -0.497 e. The van der Waals surface area contributed by atoms with Crippen LogP contribution in [0.1, 0.15) is 44.8 Å². The molecule has 0 spiro atoms. The number of unbranched alkanes of at least 4 members (excludes halogenated alkanes) is 1. The first kappa shape index (κ1) is 21.3. The summed E-state index contributed by atoms with van der Waals surface area (Å²) >= 11 is 0. The number of hydrogen-bond donors (Lipinski definition) is 3. The fourth-order valence-corrected chi connectivity index (χ4v) is 2.18. The number of hydrogen-bond acceptors (Lipinski definition) is 4. The highest BCUT2D eigenvalue weighted by Crippen LogP contribution is 2.17. The number of nitrogens with one attached hydrogen (secondary N) is 2. The molecule has 0 aliphatic heterocycles. The van der Waals surface area contributed by atoms with Gasteiger partial charge >= 0.3 is 0 Å². The van der Waals surface area contributed by atoms with E-state index >= 15 is 0 Å². The topological polar surface area (TPSA) is 75.1 Å². The summed E-state index contributed by atoms with van der Waals surface area (Å²) in [6, 6.07) is 7.38. The number of methoxy groups -OCH3 is 1. The summed E-state index contributed by atoms with van der Waals surface area (Å²) in [5.41, 5.74) is 0.824. The van der Waals surface area contributed by atoms with Crippen LogP contribution in [-0.4, -0.2) is 51.0 Å². The van der Waals surface area contributed by atoms with Crippen LogP contribution in [0.3, 0.4) is 0 Å². The summed E-state index contributed by atoms with van der Waals surface area (Å²) in [6.45, 7) is 7.62. The number of aliphatic hydroxyl groups excluding tert-OH is 1. The highest BCUT2D eigenvalue weighted by atomic mass is 16.5. The number of aliphatic hydroxyl groups is 1. The molecule has 0 fully saturated rings. The zero-order chi connectivity index (χ0) is 18.3. The molecular weight excluding hydrogens is 318 g/mol. The minimum atomic E-state index is -0.640. The second-order valence-electron chi connectivity index (χ2n) is 5.75. The summed E-state index contributed by atoms with van der Waals surface area (Å²) in [4.78, 5) is 4.45. The van der Waals surface area contributed by atoms with Crippen molar-refractivity contribution in [1.29, 1.82) is 0 Å². The Bertz CT molecular complexity index is 477. The maximum atomic E-state index is 10.3. The molecule has 6 heteroatoms. The number of guanidine groups is 1. The molecule has 142 valence electrons. The molecule has 0 aromatic heterocycles. The Morgan fingerprint density at radius 2 is 1.84 bits per heavy atom. The molecule has 1 unspecified atom stereocenters. The summed E-state index contributed by atoms with van der Waals surface area (Å²) < 4.78 is 10.7. The first-order valence-electron chi connectivity index (χ1n) is 9.13. The Balaban J connectivity index is 2.37. The number of aliphatic imine (C=N–C) groups is 1. The third-order valence-electron chi connectivity index (χ3n) is 3.67. The second kappa shape index (κ2) is 13.5. The van der Waals surface area contributed by atoms with E-state index in [1.54, 1.807) is 7.11 Å². The highest BCUT2D eigenvalue weighted by Gasteiger charge is 2.07. The summed E-state index contributed by atoms with van der Waals surface area (Å²) in [6.07, 6.45) is 2.56. The fraction of sp³-hybridized carbons (Fsp3) is 0.632. The molecule has 6 nitrogen and oxygen atoms in total. The van der Waals surface area contributed by atoms with Crippen LogP contribution >= 0.6 is 0 Å². The molecule has 3 N–H and O–H groups in total. The summed E-state index contributed by atoms with van der Waals surface area (Å²) in [7, 11) is 1.62. The van der Waals surface area contributed by atoms with Crippen LogP contribution in [0.15, 0.2) is 29.3 Å². The van der Waals surface area contributed by atoms with Crippen molar-refractivity contribution in [3.8, 4) is 5.75 Å². The summed E-state index contributed by atoms with van der Waals surface area (Å²) in [5, 5.41) is 16.7. The minimum absolute atomic E-state index is 0.300. The lowest BCUT2D eigenvalue weighted by Gasteiger charge is -2.13. The van der Waals surface area contributed by atoms with Crippen molar-refractivity contribution in [3.05, 3.63) is 29.8 Å². The van der Waals surface area contributed by atoms with Crippen LogP contribution in [0, 0.1) is 0 Å². The van der Waals surface area contributed by atoms with Gasteiger partial charge in [0.2, 0.25) is 0 Å². The normalized spacial score (nSPS) is 12.7. The Morgan fingerprint density at radius 1 is 1.12 bits per heavy atom. The third kappa shape index (κ3) is 9.31. The van der Waals surface area contributed by atoms with Gasteiger partial charge in [-0.2, -0.15) is 0 Å². The van der Waals surface area contributed by atoms with Gasteiger partial charge in [0.05, 0.1) is 19.8 Å². The maximum absolute atomic E-state index is 10.3. The first-order chi connectivity index (χ1) is 12.2. The molecule has 1 rings (SSSR count). The molecule has 0 saturated carbocycles. The average Bonchev–Trinajstić information content (AvgIpc) is 2.65. The average molecular weight is 351 g/mol. The maximum Gasteiger partial charge on any atom is 0.191 e. The van der Waals surface area contributed by atoms with E-state index in [4.69, 9.17) is 9.47 Å². The first-order valence-corrected chi connectivity index (χ1v) is 9.13. The molecule has 0 bridgehead atoms. The van der Waals surface area contributed by atoms with Gasteiger partial charge in [0.25, 0.3) is 0 Å². The van der Waals surface area contributed by atoms with E-state index in [9.17, 15) is 5.11 Å². The van der Waals surface area contributed by atoms with E-state index in [2.05, 4.69) is 22.5 Å². The van der Waals surface area contributed by atoms with Crippen LogP contribution < -0.4 is 15.4 Å². The van der Waals surface area contributed by atoms with Gasteiger partial charge in [-0.3, -0.25) is 4.99 Å². The lowest BCUT2D eigenvalue weighted by molar-refractivity contribution is 0.129. The van der Waals surface area contributed by atoms with E-state index in [0.717, 1.165) is 56.9 Å². The zero-order valence-corrected chi connectivity index (χ0v) is 15.8. The predicted molar refractivity (Wildman–Crippen MR) is 102 cm³/mol. The fourth-order valence-electron chi connectivity index (χ4n) is 2.18. The van der Waals surface area contributed by atoms with Gasteiger partial charge in [-0.1, -0.05) is 25.5 Å². The van der Waals surface area contributed by atoms with E-state index in [1.807, 2.05) is 31.2 Å². The van der Waals surface area contributed by atoms with Gasteiger partial charge in [0, 0.05) is 26.3 Å². The standard InChI is InChI=1S/C19H33N3O3/c1-4-6-13-25-14-7-12-21-19(20-5-2)22-15-18(23)16-8-10-17(24-3)11-9-16/h8-11,18,23H,4-7,12-15H2,1-3H3,(H2,20,21,22). The van der Waals surface area contributed by atoms with Crippen molar-refractivity contribution in [1.82, 2.24) is 10.6 Å². The molecule has 1 aromatic carbocycles. The molecule has 0 heterocycles. The largest absolute Gasteiger partial charge is 0.497 e. The van der Waals surface area contributed by atoms with Crippen molar-refractivity contribution in [3.63, 3.8) is 0 Å². The third-order valence-corrected chi connectivity index (χ3v) is 3.67.